The first kappa shape index (κ1) is 65.9. The van der Waals surface area contributed by atoms with Gasteiger partial charge in [0.25, 0.3) is 11.8 Å². The van der Waals surface area contributed by atoms with Crippen LogP contribution in [0.25, 0.3) is 11.3 Å². The standard InChI is InChI=1S/C58H81F2N7O13/c1-40(2)45(36-44(70)23-28-78-30-32-80-34-33-79-31-29-77-27-12-15-43(69)22-26-66-51(72)20-21-52(66)73)56(75)64-48(16-11-24-62-57(61)76)50(71)17-9-10-25-67(53(74)39-68)54(58(3,4)5)55-63-49(46-35-42(59)18-19-47(46)60)38-65(55)37-41-13-7-6-8-14-41/h6-8,13-14,18-21,35,38,40,45,48,54,68H,9-12,15-17,22-34,36-37,39H2,1-5H3,(H,64,75)(H3,61,62,76)/t45-,48-,54-/m0/s1. The van der Waals surface area contributed by atoms with Gasteiger partial charge >= 0.3 is 6.03 Å². The predicted molar refractivity (Wildman–Crippen MR) is 292 cm³/mol. The van der Waals surface area contributed by atoms with Crippen LogP contribution in [-0.2, 0) is 59.1 Å². The van der Waals surface area contributed by atoms with Crippen molar-refractivity contribution >= 4 is 47.0 Å². The molecule has 6 amide bonds. The molecule has 1 aromatic heterocycles. The molecule has 3 atom stereocenters. The number of unbranched alkanes of at least 4 members (excludes halogenated alkanes) is 1. The molecule has 440 valence electrons. The Balaban J connectivity index is 1.23. The number of carbonyl (C=O) groups is 8. The van der Waals surface area contributed by atoms with Crippen LogP contribution in [0.1, 0.15) is 116 Å². The number of ether oxygens (including phenoxy) is 4. The van der Waals surface area contributed by atoms with E-state index in [1.165, 1.54) is 17.1 Å². The van der Waals surface area contributed by atoms with Crippen LogP contribution >= 0.6 is 0 Å². The van der Waals surface area contributed by atoms with Gasteiger partial charge in [0.15, 0.2) is 5.78 Å². The summed E-state index contributed by atoms with van der Waals surface area (Å²) in [6.45, 7) is 11.4. The van der Waals surface area contributed by atoms with E-state index < -0.39 is 71.3 Å². The van der Waals surface area contributed by atoms with Crippen molar-refractivity contribution < 1.29 is 71.2 Å². The number of imide groups is 1. The first-order chi connectivity index (χ1) is 38.2. The quantitative estimate of drug-likeness (QED) is 0.0387. The number of nitrogens with one attached hydrogen (secondary N) is 2. The van der Waals surface area contributed by atoms with Gasteiger partial charge in [-0.25, -0.2) is 18.6 Å². The van der Waals surface area contributed by atoms with E-state index in [0.29, 0.717) is 58.1 Å². The van der Waals surface area contributed by atoms with E-state index in [0.717, 1.165) is 28.7 Å². The summed E-state index contributed by atoms with van der Waals surface area (Å²) in [5.41, 5.74) is 5.54. The van der Waals surface area contributed by atoms with Crippen LogP contribution in [0, 0.1) is 28.9 Å². The summed E-state index contributed by atoms with van der Waals surface area (Å²) in [7, 11) is 0. The molecule has 1 aliphatic rings. The number of imidazole rings is 1. The molecule has 5 N–H and O–H groups in total. The number of primary amides is 1. The lowest BCUT2D eigenvalue weighted by molar-refractivity contribution is -0.140. The van der Waals surface area contributed by atoms with Crippen LogP contribution in [-0.4, -0.2) is 157 Å². The molecule has 0 radical (unpaired) electrons. The van der Waals surface area contributed by atoms with Crippen molar-refractivity contribution in [2.45, 2.75) is 117 Å². The second-order valence-corrected chi connectivity index (χ2v) is 21.0. The number of benzene rings is 2. The maximum absolute atomic E-state index is 15.2. The van der Waals surface area contributed by atoms with Gasteiger partial charge in [-0.05, 0) is 67.2 Å². The van der Waals surface area contributed by atoms with Crippen molar-refractivity contribution in [2.75, 3.05) is 79.1 Å². The molecule has 0 saturated heterocycles. The average molecular weight is 1120 g/mol. The fourth-order valence-electron chi connectivity index (χ4n) is 9.04. The number of urea groups is 1. The number of ketones is 3. The highest BCUT2D eigenvalue weighted by Crippen LogP contribution is 2.40. The summed E-state index contributed by atoms with van der Waals surface area (Å²) in [6, 6.07) is 10.1. The molecule has 1 aliphatic heterocycles. The molecule has 2 aromatic carbocycles. The van der Waals surface area contributed by atoms with Gasteiger partial charge in [0, 0.05) is 94.7 Å². The molecular formula is C58H81F2N7O13. The second kappa shape index (κ2) is 34.5. The number of carbonyl (C=O) groups excluding carboxylic acids is 8. The Morgan fingerprint density at radius 3 is 2.02 bits per heavy atom. The van der Waals surface area contributed by atoms with E-state index in [4.69, 9.17) is 29.7 Å². The highest BCUT2D eigenvalue weighted by atomic mass is 19.1. The number of rotatable bonds is 40. The molecule has 80 heavy (non-hydrogen) atoms. The van der Waals surface area contributed by atoms with E-state index in [2.05, 4.69) is 10.6 Å². The first-order valence-corrected chi connectivity index (χ1v) is 27.4. The van der Waals surface area contributed by atoms with Crippen LogP contribution < -0.4 is 16.4 Å². The Hall–Kier alpha value is -6.59. The van der Waals surface area contributed by atoms with Crippen molar-refractivity contribution in [1.82, 2.24) is 30.0 Å². The molecule has 4 rings (SSSR count). The lowest BCUT2D eigenvalue weighted by atomic mass is 9.84. The van der Waals surface area contributed by atoms with Gasteiger partial charge in [0.2, 0.25) is 11.8 Å². The van der Waals surface area contributed by atoms with E-state index in [1.54, 1.807) is 10.8 Å². The zero-order valence-corrected chi connectivity index (χ0v) is 46.9. The van der Waals surface area contributed by atoms with Gasteiger partial charge in [0.05, 0.1) is 64.0 Å². The number of nitrogens with zero attached hydrogens (tertiary/aromatic N) is 4. The van der Waals surface area contributed by atoms with Crippen LogP contribution in [0.2, 0.25) is 0 Å². The normalized spacial score (nSPS) is 13.6. The number of amides is 6. The van der Waals surface area contributed by atoms with Crippen LogP contribution in [0.4, 0.5) is 13.6 Å². The zero-order valence-electron chi connectivity index (χ0n) is 46.9. The third-order valence-corrected chi connectivity index (χ3v) is 13.3. The number of halogens is 2. The largest absolute Gasteiger partial charge is 0.387 e. The molecule has 0 spiro atoms. The number of aromatic nitrogens is 2. The maximum atomic E-state index is 15.2. The highest BCUT2D eigenvalue weighted by molar-refractivity contribution is 6.13. The molecule has 20 nitrogen and oxygen atoms in total. The molecule has 2 heterocycles. The summed E-state index contributed by atoms with van der Waals surface area (Å²) < 4.78 is 53.6. The molecular weight excluding hydrogens is 1040 g/mol. The zero-order chi connectivity index (χ0) is 58.6. The van der Waals surface area contributed by atoms with Crippen molar-refractivity contribution in [3.05, 3.63) is 89.9 Å². The molecule has 0 aliphatic carbocycles. The maximum Gasteiger partial charge on any atom is 0.312 e. The predicted octanol–water partition coefficient (Wildman–Crippen LogP) is 5.81. The molecule has 0 unspecified atom stereocenters. The molecule has 22 heteroatoms. The van der Waals surface area contributed by atoms with Crippen molar-refractivity contribution in [3.63, 3.8) is 0 Å². The molecule has 0 saturated carbocycles. The Morgan fingerprint density at radius 2 is 1.41 bits per heavy atom. The lowest BCUT2D eigenvalue weighted by Crippen LogP contribution is -2.46. The van der Waals surface area contributed by atoms with Gasteiger partial charge in [-0.2, -0.15) is 0 Å². The van der Waals surface area contributed by atoms with Gasteiger partial charge in [-0.1, -0.05) is 65.0 Å². The van der Waals surface area contributed by atoms with Crippen LogP contribution in [0.5, 0.6) is 0 Å². The SMILES string of the molecule is CC(C)[C@H](CC(=O)CCOCCOCCOCCOCCCC(=O)CCN1C(=O)C=CC1=O)C(=O)N[C@@H](CCCNC(N)=O)C(=O)CCCCN(C(=O)CO)[C@@H](c1nc(-c2cc(F)ccc2F)cn1Cc1ccccc1)C(C)(C)C. The molecule has 0 bridgehead atoms. The number of aliphatic hydroxyl groups excluding tert-OH is 1. The van der Waals surface area contributed by atoms with Crippen LogP contribution in [0.15, 0.2) is 66.9 Å². The third-order valence-electron chi connectivity index (χ3n) is 13.3. The minimum atomic E-state index is -0.964. The van der Waals surface area contributed by atoms with E-state index >= 15 is 4.39 Å². The average Bonchev–Trinajstić information content (AvgIpc) is 4.04. The van der Waals surface area contributed by atoms with Crippen molar-refractivity contribution in [3.8, 4) is 11.3 Å². The first-order valence-electron chi connectivity index (χ1n) is 27.4. The van der Waals surface area contributed by atoms with Crippen molar-refractivity contribution in [2.24, 2.45) is 23.0 Å². The summed E-state index contributed by atoms with van der Waals surface area (Å²) in [5, 5.41) is 15.6. The topological polar surface area (TPSA) is 268 Å². The summed E-state index contributed by atoms with van der Waals surface area (Å²) in [5.74, 6) is -4.40. The number of hydrogen-bond acceptors (Lipinski definition) is 14. The minimum Gasteiger partial charge on any atom is -0.387 e. The number of aliphatic hydroxyl groups is 1. The Bertz CT molecular complexity index is 2520. The minimum absolute atomic E-state index is 0.00118. The summed E-state index contributed by atoms with van der Waals surface area (Å²) in [6.07, 6.45) is 5.92. The highest BCUT2D eigenvalue weighted by Gasteiger charge is 2.38. The van der Waals surface area contributed by atoms with Gasteiger partial charge < -0.3 is 49.9 Å². The molecule has 0 fully saturated rings. The Morgan fingerprint density at radius 1 is 0.775 bits per heavy atom. The summed E-state index contributed by atoms with van der Waals surface area (Å²) >= 11 is 0. The van der Waals surface area contributed by atoms with Gasteiger partial charge in [-0.3, -0.25) is 38.5 Å². The number of nitrogens with two attached hydrogens (primary N) is 1. The van der Waals surface area contributed by atoms with Crippen LogP contribution in [0.3, 0.4) is 0 Å². The fraction of sp³-hybridized carbons (Fsp3) is 0.569. The Labute approximate surface area is 467 Å². The summed E-state index contributed by atoms with van der Waals surface area (Å²) in [4.78, 5) is 109. The lowest BCUT2D eigenvalue weighted by Gasteiger charge is -2.40. The van der Waals surface area contributed by atoms with E-state index in [1.807, 2.05) is 65.0 Å². The van der Waals surface area contributed by atoms with Gasteiger partial charge in [-0.15, -0.1) is 0 Å². The van der Waals surface area contributed by atoms with E-state index in [9.17, 15) is 47.9 Å². The van der Waals surface area contributed by atoms with Crippen molar-refractivity contribution in [1.29, 1.82) is 0 Å². The second-order valence-electron chi connectivity index (χ2n) is 21.0. The molecule has 3 aromatic rings. The number of Topliss-reactive ketones (excluding diaryl/α,β-unsaturated/α-hetero) is 3. The van der Waals surface area contributed by atoms with Gasteiger partial charge in [0.1, 0.15) is 35.6 Å². The van der Waals surface area contributed by atoms with E-state index in [-0.39, 0.29) is 125 Å². The third kappa shape index (κ3) is 22.9. The smallest absolute Gasteiger partial charge is 0.312 e. The monoisotopic (exact) mass is 1120 g/mol. The number of hydrogen-bond donors (Lipinski definition) is 4. The Kier molecular flexibility index (Phi) is 28.5. The fourth-order valence-corrected chi connectivity index (χ4v) is 9.04.